The van der Waals surface area contributed by atoms with Crippen molar-refractivity contribution in [3.8, 4) is 0 Å². The van der Waals surface area contributed by atoms with Gasteiger partial charge in [-0.15, -0.1) is 0 Å². The highest BCUT2D eigenvalue weighted by Gasteiger charge is 2.23. The van der Waals surface area contributed by atoms with E-state index in [2.05, 4.69) is 11.6 Å². The van der Waals surface area contributed by atoms with Crippen molar-refractivity contribution < 1.29 is 9.47 Å². The molecule has 0 aromatic rings. The van der Waals surface area contributed by atoms with Crippen molar-refractivity contribution in [2.24, 2.45) is 0 Å². The third kappa shape index (κ3) is 3.77. The highest BCUT2D eigenvalue weighted by molar-refractivity contribution is 7.99. The molecule has 2 atom stereocenters. The minimum atomic E-state index is -0.108. The van der Waals surface area contributed by atoms with Crippen LogP contribution >= 0.6 is 11.8 Å². The molecule has 0 spiro atoms. The third-order valence-corrected chi connectivity index (χ3v) is 3.91. The molecule has 1 saturated carbocycles. The minimum absolute atomic E-state index is 0.108. The fourth-order valence-corrected chi connectivity index (χ4v) is 2.66. The second-order valence-corrected chi connectivity index (χ2v) is 4.81. The molecule has 1 rings (SSSR count). The summed E-state index contributed by atoms with van der Waals surface area (Å²) in [5.41, 5.74) is 0. The highest BCUT2D eigenvalue weighted by atomic mass is 32.2. The summed E-state index contributed by atoms with van der Waals surface area (Å²) in [5.74, 6) is 0. The third-order valence-electron chi connectivity index (χ3n) is 2.82. The first-order valence-corrected chi connectivity index (χ1v) is 6.40. The molecule has 4 heteroatoms. The predicted octanol–water partition coefficient (Wildman–Crippen LogP) is 1.48. The molecule has 1 fully saturated rings. The van der Waals surface area contributed by atoms with Crippen LogP contribution in [0.5, 0.6) is 0 Å². The van der Waals surface area contributed by atoms with Crippen molar-refractivity contribution in [1.29, 1.82) is 0 Å². The van der Waals surface area contributed by atoms with E-state index in [1.54, 1.807) is 14.2 Å². The Kier molecular flexibility index (Phi) is 5.86. The zero-order valence-electron chi connectivity index (χ0n) is 9.29. The predicted molar refractivity (Wildman–Crippen MR) is 60.8 cm³/mol. The van der Waals surface area contributed by atoms with Crippen molar-refractivity contribution in [3.05, 3.63) is 0 Å². The van der Waals surface area contributed by atoms with Gasteiger partial charge in [-0.2, -0.15) is 11.8 Å². The van der Waals surface area contributed by atoms with Gasteiger partial charge in [-0.1, -0.05) is 0 Å². The van der Waals surface area contributed by atoms with Gasteiger partial charge in [-0.05, 0) is 25.5 Å². The monoisotopic (exact) mass is 219 g/mol. The van der Waals surface area contributed by atoms with Gasteiger partial charge in [0, 0.05) is 32.1 Å². The van der Waals surface area contributed by atoms with Gasteiger partial charge in [0.2, 0.25) is 0 Å². The second kappa shape index (κ2) is 6.67. The van der Waals surface area contributed by atoms with Crippen LogP contribution in [-0.2, 0) is 9.47 Å². The molecule has 0 radical (unpaired) electrons. The van der Waals surface area contributed by atoms with Crippen LogP contribution in [0.15, 0.2) is 0 Å². The molecule has 14 heavy (non-hydrogen) atoms. The molecule has 0 bridgehead atoms. The van der Waals surface area contributed by atoms with E-state index >= 15 is 0 Å². The summed E-state index contributed by atoms with van der Waals surface area (Å²) in [6.07, 6.45) is 5.99. The average molecular weight is 219 g/mol. The highest BCUT2D eigenvalue weighted by Crippen LogP contribution is 2.27. The van der Waals surface area contributed by atoms with E-state index in [1.165, 1.54) is 19.3 Å². The van der Waals surface area contributed by atoms with Gasteiger partial charge in [0.25, 0.3) is 0 Å². The Hall–Kier alpha value is 0.230. The van der Waals surface area contributed by atoms with Gasteiger partial charge in [-0.3, -0.25) is 0 Å². The summed E-state index contributed by atoms with van der Waals surface area (Å²) in [6, 6.07) is 0.653. The molecule has 0 aromatic heterocycles. The number of nitrogens with one attached hydrogen (secondary N) is 1. The summed E-state index contributed by atoms with van der Waals surface area (Å²) >= 11 is 1.98. The molecule has 1 aliphatic carbocycles. The average Bonchev–Trinajstić information content (AvgIpc) is 2.67. The smallest absolute Gasteiger partial charge is 0.169 e. The lowest BCUT2D eigenvalue weighted by Crippen LogP contribution is -2.36. The summed E-state index contributed by atoms with van der Waals surface area (Å²) in [6.45, 7) is 0.790. The van der Waals surface area contributed by atoms with E-state index in [1.807, 2.05) is 11.8 Å². The lowest BCUT2D eigenvalue weighted by atomic mass is 10.2. The van der Waals surface area contributed by atoms with Crippen LogP contribution in [-0.4, -0.2) is 44.6 Å². The first-order chi connectivity index (χ1) is 6.80. The van der Waals surface area contributed by atoms with Gasteiger partial charge in [0.1, 0.15) is 0 Å². The number of thioether (sulfide) groups is 1. The number of rotatable bonds is 6. The van der Waals surface area contributed by atoms with Crippen molar-refractivity contribution in [1.82, 2.24) is 5.32 Å². The molecule has 0 amide bonds. The number of hydrogen-bond acceptors (Lipinski definition) is 4. The fraction of sp³-hybridized carbons (Fsp3) is 1.00. The quantitative estimate of drug-likeness (QED) is 0.686. The van der Waals surface area contributed by atoms with E-state index in [-0.39, 0.29) is 6.29 Å². The van der Waals surface area contributed by atoms with Gasteiger partial charge < -0.3 is 14.8 Å². The molecule has 3 nitrogen and oxygen atoms in total. The topological polar surface area (TPSA) is 30.5 Å². The minimum Gasteiger partial charge on any atom is -0.355 e. The van der Waals surface area contributed by atoms with Gasteiger partial charge >= 0.3 is 0 Å². The SMILES string of the molecule is COC(CNC1CCC(SC)C1)OC. The van der Waals surface area contributed by atoms with Crippen LogP contribution < -0.4 is 5.32 Å². The maximum atomic E-state index is 5.12. The fourth-order valence-electron chi connectivity index (χ4n) is 1.87. The Labute approximate surface area is 90.9 Å². The van der Waals surface area contributed by atoms with Gasteiger partial charge in [0.05, 0.1) is 0 Å². The summed E-state index contributed by atoms with van der Waals surface area (Å²) < 4.78 is 10.2. The van der Waals surface area contributed by atoms with Crippen molar-refractivity contribution in [2.45, 2.75) is 36.8 Å². The number of methoxy groups -OCH3 is 2. The summed E-state index contributed by atoms with van der Waals surface area (Å²) in [4.78, 5) is 0. The van der Waals surface area contributed by atoms with Crippen LogP contribution in [0.4, 0.5) is 0 Å². The zero-order chi connectivity index (χ0) is 10.4. The summed E-state index contributed by atoms with van der Waals surface area (Å²) in [5, 5.41) is 4.33. The normalized spacial score (nSPS) is 27.4. The molecule has 0 aliphatic heterocycles. The maximum Gasteiger partial charge on any atom is 0.169 e. The molecule has 84 valence electrons. The molecule has 1 N–H and O–H groups in total. The van der Waals surface area contributed by atoms with E-state index in [0.717, 1.165) is 11.8 Å². The Bertz CT molecular complexity index is 153. The Morgan fingerprint density at radius 1 is 1.36 bits per heavy atom. The van der Waals surface area contributed by atoms with Crippen LogP contribution in [0.25, 0.3) is 0 Å². The van der Waals surface area contributed by atoms with Crippen LogP contribution in [0.3, 0.4) is 0 Å². The first kappa shape index (κ1) is 12.3. The molecular formula is C10H21NO2S. The second-order valence-electron chi connectivity index (χ2n) is 3.68. The van der Waals surface area contributed by atoms with Crippen molar-refractivity contribution in [3.63, 3.8) is 0 Å². The van der Waals surface area contributed by atoms with Crippen LogP contribution in [0.1, 0.15) is 19.3 Å². The first-order valence-electron chi connectivity index (χ1n) is 5.12. The van der Waals surface area contributed by atoms with Gasteiger partial charge in [-0.25, -0.2) is 0 Å². The van der Waals surface area contributed by atoms with Crippen LogP contribution in [0.2, 0.25) is 0 Å². The molecule has 0 saturated heterocycles. The van der Waals surface area contributed by atoms with Crippen LogP contribution in [0, 0.1) is 0 Å². The molecule has 2 unspecified atom stereocenters. The Morgan fingerprint density at radius 2 is 2.07 bits per heavy atom. The van der Waals surface area contributed by atoms with Crippen molar-refractivity contribution in [2.75, 3.05) is 27.0 Å². The lowest BCUT2D eigenvalue weighted by molar-refractivity contribution is -0.0997. The van der Waals surface area contributed by atoms with E-state index in [4.69, 9.17) is 9.47 Å². The molecule has 0 aromatic carbocycles. The van der Waals surface area contributed by atoms with Gasteiger partial charge in [0.15, 0.2) is 6.29 Å². The van der Waals surface area contributed by atoms with E-state index < -0.39 is 0 Å². The maximum absolute atomic E-state index is 5.12. The zero-order valence-corrected chi connectivity index (χ0v) is 10.1. The number of hydrogen-bond donors (Lipinski definition) is 1. The summed E-state index contributed by atoms with van der Waals surface area (Å²) in [7, 11) is 3.35. The molecule has 0 heterocycles. The van der Waals surface area contributed by atoms with Crippen molar-refractivity contribution >= 4 is 11.8 Å². The van der Waals surface area contributed by atoms with E-state index in [9.17, 15) is 0 Å². The molecular weight excluding hydrogens is 198 g/mol. The standard InChI is InChI=1S/C10H21NO2S/c1-12-10(13-2)7-11-8-4-5-9(6-8)14-3/h8-11H,4-7H2,1-3H3. The Balaban J connectivity index is 2.13. The largest absolute Gasteiger partial charge is 0.355 e. The molecule has 1 aliphatic rings. The number of ether oxygens (including phenoxy) is 2. The lowest BCUT2D eigenvalue weighted by Gasteiger charge is -2.18. The Morgan fingerprint density at radius 3 is 2.57 bits per heavy atom. The van der Waals surface area contributed by atoms with E-state index in [0.29, 0.717) is 6.04 Å².